The van der Waals surface area contributed by atoms with Gasteiger partial charge in [0.05, 0.1) is 21.5 Å². The van der Waals surface area contributed by atoms with Crippen LogP contribution in [-0.2, 0) is 0 Å². The van der Waals surface area contributed by atoms with Crippen molar-refractivity contribution in [3.63, 3.8) is 0 Å². The van der Waals surface area contributed by atoms with E-state index in [-0.39, 0.29) is 11.6 Å². The first-order valence-electron chi connectivity index (χ1n) is 7.53. The average molecular weight is 323 g/mol. The number of carbonyl (C=O) groups is 1. The van der Waals surface area contributed by atoms with Crippen LogP contribution in [0.5, 0.6) is 0 Å². The second-order valence-electron chi connectivity index (χ2n) is 5.58. The number of hydrogen-bond acceptors (Lipinski definition) is 5. The van der Waals surface area contributed by atoms with E-state index in [1.165, 1.54) is 0 Å². The third kappa shape index (κ3) is 5.32. The van der Waals surface area contributed by atoms with Gasteiger partial charge in [0.1, 0.15) is 0 Å². The maximum atomic E-state index is 12.3. The molecule has 0 aliphatic heterocycles. The van der Waals surface area contributed by atoms with E-state index in [4.69, 9.17) is 0 Å². The molecule has 8 nitrogen and oxygen atoms in total. The summed E-state index contributed by atoms with van der Waals surface area (Å²) in [6.45, 7) is 6.07. The minimum Gasteiger partial charge on any atom is -0.349 e. The van der Waals surface area contributed by atoms with Gasteiger partial charge in [0.2, 0.25) is 0 Å². The molecule has 0 aliphatic rings. The van der Waals surface area contributed by atoms with Crippen molar-refractivity contribution in [2.24, 2.45) is 5.92 Å². The first kappa shape index (κ1) is 18.5. The van der Waals surface area contributed by atoms with E-state index >= 15 is 0 Å². The van der Waals surface area contributed by atoms with Crippen molar-refractivity contribution in [1.82, 2.24) is 5.32 Å². The number of nitrogens with zero attached hydrogens (tertiary/aromatic N) is 2. The van der Waals surface area contributed by atoms with Gasteiger partial charge < -0.3 is 5.32 Å². The predicted octanol–water partition coefficient (Wildman–Crippen LogP) is 3.45. The molecular formula is C15H21N3O5. The molecule has 1 amide bonds. The van der Waals surface area contributed by atoms with Crippen molar-refractivity contribution < 1.29 is 14.6 Å². The van der Waals surface area contributed by atoms with E-state index in [2.05, 4.69) is 19.2 Å². The number of nitrogens with one attached hydrogen (secondary N) is 1. The van der Waals surface area contributed by atoms with Crippen LogP contribution in [0.3, 0.4) is 0 Å². The molecule has 1 aromatic carbocycles. The number of benzene rings is 1. The SMILES string of the molecule is CCC(C)CC(CC)NC(=O)c1cc([N+](=O)[O-])cc([N+](=O)[O-])c1. The van der Waals surface area contributed by atoms with Gasteiger partial charge in [-0.15, -0.1) is 0 Å². The molecule has 8 heteroatoms. The Morgan fingerprint density at radius 1 is 1.09 bits per heavy atom. The molecule has 0 saturated heterocycles. The number of nitro benzene ring substituents is 2. The fourth-order valence-electron chi connectivity index (χ4n) is 2.19. The average Bonchev–Trinajstić information content (AvgIpc) is 2.53. The lowest BCUT2D eigenvalue weighted by molar-refractivity contribution is -0.394. The highest BCUT2D eigenvalue weighted by atomic mass is 16.6. The van der Waals surface area contributed by atoms with Crippen LogP contribution < -0.4 is 5.32 Å². The Kier molecular flexibility index (Phi) is 6.62. The van der Waals surface area contributed by atoms with Crippen LogP contribution in [0.2, 0.25) is 0 Å². The second kappa shape index (κ2) is 8.21. The number of carbonyl (C=O) groups excluding carboxylic acids is 1. The summed E-state index contributed by atoms with van der Waals surface area (Å²) in [6.07, 6.45) is 2.48. The molecule has 0 spiro atoms. The molecule has 1 aromatic rings. The first-order valence-corrected chi connectivity index (χ1v) is 7.53. The van der Waals surface area contributed by atoms with Gasteiger partial charge in [-0.2, -0.15) is 0 Å². The predicted molar refractivity (Wildman–Crippen MR) is 85.4 cm³/mol. The molecule has 0 radical (unpaired) electrons. The van der Waals surface area contributed by atoms with Crippen LogP contribution >= 0.6 is 0 Å². The maximum Gasteiger partial charge on any atom is 0.277 e. The van der Waals surface area contributed by atoms with Crippen molar-refractivity contribution in [3.8, 4) is 0 Å². The lowest BCUT2D eigenvalue weighted by Crippen LogP contribution is -2.35. The van der Waals surface area contributed by atoms with E-state index in [0.717, 1.165) is 31.0 Å². The number of non-ortho nitro benzene ring substituents is 2. The topological polar surface area (TPSA) is 115 Å². The van der Waals surface area contributed by atoms with Gasteiger partial charge in [0.25, 0.3) is 17.3 Å². The van der Waals surface area contributed by atoms with E-state index in [1.54, 1.807) is 0 Å². The largest absolute Gasteiger partial charge is 0.349 e. The Balaban J connectivity index is 3.02. The number of rotatable bonds is 8. The van der Waals surface area contributed by atoms with Crippen molar-refractivity contribution in [2.75, 3.05) is 0 Å². The fourth-order valence-corrected chi connectivity index (χ4v) is 2.19. The van der Waals surface area contributed by atoms with Gasteiger partial charge in [0.15, 0.2) is 0 Å². The van der Waals surface area contributed by atoms with E-state index in [9.17, 15) is 25.0 Å². The quantitative estimate of drug-likeness (QED) is 0.581. The molecule has 0 heterocycles. The maximum absolute atomic E-state index is 12.3. The molecule has 2 unspecified atom stereocenters. The van der Waals surface area contributed by atoms with E-state index < -0.39 is 27.1 Å². The number of hydrogen-bond donors (Lipinski definition) is 1. The number of amides is 1. The normalized spacial score (nSPS) is 13.2. The molecule has 0 saturated carbocycles. The molecule has 0 aromatic heterocycles. The zero-order chi connectivity index (χ0) is 17.6. The standard InChI is InChI=1S/C15H21N3O5/c1-4-10(3)6-12(5-2)16-15(19)11-7-13(17(20)21)9-14(8-11)18(22)23/h7-10,12H,4-6H2,1-3H3,(H,16,19). The molecule has 0 aliphatic carbocycles. The van der Waals surface area contributed by atoms with Crippen molar-refractivity contribution in [1.29, 1.82) is 0 Å². The molecule has 0 bridgehead atoms. The molecule has 2 atom stereocenters. The summed E-state index contributed by atoms with van der Waals surface area (Å²) in [5.41, 5.74) is -1.02. The van der Waals surface area contributed by atoms with Crippen LogP contribution in [0.1, 0.15) is 50.4 Å². The summed E-state index contributed by atoms with van der Waals surface area (Å²) in [5, 5.41) is 24.5. The Morgan fingerprint density at radius 3 is 2.00 bits per heavy atom. The lowest BCUT2D eigenvalue weighted by Gasteiger charge is -2.20. The molecule has 1 N–H and O–H groups in total. The van der Waals surface area contributed by atoms with Crippen molar-refractivity contribution in [2.45, 2.75) is 46.1 Å². The third-order valence-corrected chi connectivity index (χ3v) is 3.80. The summed E-state index contributed by atoms with van der Waals surface area (Å²) in [6, 6.07) is 2.87. The summed E-state index contributed by atoms with van der Waals surface area (Å²) in [5.74, 6) is -0.105. The van der Waals surface area contributed by atoms with E-state index in [0.29, 0.717) is 12.3 Å². The highest BCUT2D eigenvalue weighted by Gasteiger charge is 2.21. The smallest absolute Gasteiger partial charge is 0.277 e. The third-order valence-electron chi connectivity index (χ3n) is 3.80. The van der Waals surface area contributed by atoms with Crippen molar-refractivity contribution >= 4 is 17.3 Å². The highest BCUT2D eigenvalue weighted by Crippen LogP contribution is 2.23. The second-order valence-corrected chi connectivity index (χ2v) is 5.58. The monoisotopic (exact) mass is 323 g/mol. The Labute approximate surface area is 134 Å². The highest BCUT2D eigenvalue weighted by molar-refractivity contribution is 5.95. The number of nitro groups is 2. The summed E-state index contributed by atoms with van der Waals surface area (Å²) < 4.78 is 0. The van der Waals surface area contributed by atoms with E-state index in [1.807, 2.05) is 6.92 Å². The van der Waals surface area contributed by atoms with Gasteiger partial charge in [0, 0.05) is 18.2 Å². The summed E-state index contributed by atoms with van der Waals surface area (Å²) in [7, 11) is 0. The van der Waals surface area contributed by atoms with Crippen LogP contribution in [0.15, 0.2) is 18.2 Å². The first-order chi connectivity index (χ1) is 10.8. The van der Waals surface area contributed by atoms with Gasteiger partial charge in [-0.05, 0) is 18.8 Å². The minimum atomic E-state index is -0.750. The zero-order valence-corrected chi connectivity index (χ0v) is 13.4. The minimum absolute atomic E-state index is 0.0734. The van der Waals surface area contributed by atoms with Gasteiger partial charge in [-0.25, -0.2) is 0 Å². The van der Waals surface area contributed by atoms with Gasteiger partial charge >= 0.3 is 0 Å². The Hall–Kier alpha value is -2.51. The van der Waals surface area contributed by atoms with Crippen LogP contribution in [0.4, 0.5) is 11.4 Å². The zero-order valence-electron chi connectivity index (χ0n) is 13.4. The van der Waals surface area contributed by atoms with Gasteiger partial charge in [-0.3, -0.25) is 25.0 Å². The molecule has 126 valence electrons. The van der Waals surface area contributed by atoms with Gasteiger partial charge in [-0.1, -0.05) is 27.2 Å². The Morgan fingerprint density at radius 2 is 1.61 bits per heavy atom. The summed E-state index contributed by atoms with van der Waals surface area (Å²) >= 11 is 0. The summed E-state index contributed by atoms with van der Waals surface area (Å²) in [4.78, 5) is 32.5. The van der Waals surface area contributed by atoms with Crippen LogP contribution in [0, 0.1) is 26.1 Å². The molecule has 0 fully saturated rings. The Bertz CT molecular complexity index is 571. The van der Waals surface area contributed by atoms with Crippen molar-refractivity contribution in [3.05, 3.63) is 44.0 Å². The van der Waals surface area contributed by atoms with Crippen LogP contribution in [-0.4, -0.2) is 21.8 Å². The molecular weight excluding hydrogens is 302 g/mol. The molecule has 1 rings (SSSR count). The lowest BCUT2D eigenvalue weighted by atomic mass is 9.97. The fraction of sp³-hybridized carbons (Fsp3) is 0.533. The van der Waals surface area contributed by atoms with Crippen LogP contribution in [0.25, 0.3) is 0 Å². The molecule has 23 heavy (non-hydrogen) atoms.